The highest BCUT2D eigenvalue weighted by Gasteiger charge is 2.35. The molecular formula is C9H18N4O2. The third-order valence-electron chi connectivity index (χ3n) is 2.59. The maximum atomic E-state index is 11.0. The zero-order valence-corrected chi connectivity index (χ0v) is 9.40. The molecule has 6 heteroatoms. The lowest BCUT2D eigenvalue weighted by atomic mass is 9.88. The molecule has 0 aliphatic rings. The van der Waals surface area contributed by atoms with Gasteiger partial charge in [0.15, 0.2) is 0 Å². The Morgan fingerprint density at radius 3 is 2.67 bits per heavy atom. The second-order valence-corrected chi connectivity index (χ2v) is 3.90. The SMILES string of the molecule is CC(C)C(C)(NCCCN=[N+]=[N-])C(=O)O. The van der Waals surface area contributed by atoms with Gasteiger partial charge in [0, 0.05) is 11.5 Å². The molecule has 1 unspecified atom stereocenters. The van der Waals surface area contributed by atoms with Gasteiger partial charge in [-0.15, -0.1) is 0 Å². The molecule has 0 radical (unpaired) electrons. The molecule has 86 valence electrons. The molecule has 0 heterocycles. The minimum atomic E-state index is -0.920. The van der Waals surface area contributed by atoms with E-state index in [-0.39, 0.29) is 5.92 Å². The van der Waals surface area contributed by atoms with Gasteiger partial charge < -0.3 is 10.4 Å². The summed E-state index contributed by atoms with van der Waals surface area (Å²) in [5.41, 5.74) is 7.13. The zero-order valence-electron chi connectivity index (χ0n) is 9.40. The van der Waals surface area contributed by atoms with Crippen molar-refractivity contribution in [1.82, 2.24) is 5.32 Å². The number of azide groups is 1. The van der Waals surface area contributed by atoms with Crippen LogP contribution >= 0.6 is 0 Å². The fourth-order valence-electron chi connectivity index (χ4n) is 1.07. The number of nitrogens with zero attached hydrogens (tertiary/aromatic N) is 3. The third kappa shape index (κ3) is 4.18. The molecule has 6 nitrogen and oxygen atoms in total. The topological polar surface area (TPSA) is 98.1 Å². The van der Waals surface area contributed by atoms with E-state index in [0.717, 1.165) is 0 Å². The van der Waals surface area contributed by atoms with E-state index in [0.29, 0.717) is 19.5 Å². The van der Waals surface area contributed by atoms with Gasteiger partial charge in [0.05, 0.1) is 0 Å². The molecule has 0 aromatic heterocycles. The van der Waals surface area contributed by atoms with Crippen molar-refractivity contribution in [1.29, 1.82) is 0 Å². The van der Waals surface area contributed by atoms with Crippen molar-refractivity contribution in [2.45, 2.75) is 32.7 Å². The van der Waals surface area contributed by atoms with Crippen molar-refractivity contribution in [3.05, 3.63) is 10.4 Å². The van der Waals surface area contributed by atoms with Crippen LogP contribution in [0.2, 0.25) is 0 Å². The molecule has 0 spiro atoms. The summed E-state index contributed by atoms with van der Waals surface area (Å²) < 4.78 is 0. The summed E-state index contributed by atoms with van der Waals surface area (Å²) in [5.74, 6) is -0.865. The molecule has 0 aliphatic carbocycles. The maximum Gasteiger partial charge on any atom is 0.323 e. The second kappa shape index (κ2) is 6.27. The van der Waals surface area contributed by atoms with Crippen molar-refractivity contribution in [3.8, 4) is 0 Å². The molecule has 0 aliphatic heterocycles. The predicted molar refractivity (Wildman–Crippen MR) is 57.5 cm³/mol. The average molecular weight is 214 g/mol. The monoisotopic (exact) mass is 214 g/mol. The Bertz CT molecular complexity index is 261. The lowest BCUT2D eigenvalue weighted by molar-refractivity contribution is -0.146. The van der Waals surface area contributed by atoms with E-state index >= 15 is 0 Å². The van der Waals surface area contributed by atoms with Gasteiger partial charge in [-0.2, -0.15) is 0 Å². The van der Waals surface area contributed by atoms with Crippen molar-refractivity contribution in [3.63, 3.8) is 0 Å². The van der Waals surface area contributed by atoms with E-state index in [9.17, 15) is 4.79 Å². The third-order valence-corrected chi connectivity index (χ3v) is 2.59. The van der Waals surface area contributed by atoms with E-state index < -0.39 is 11.5 Å². The quantitative estimate of drug-likeness (QED) is 0.292. The first-order valence-corrected chi connectivity index (χ1v) is 4.94. The summed E-state index contributed by atoms with van der Waals surface area (Å²) in [6.07, 6.45) is 0.639. The highest BCUT2D eigenvalue weighted by molar-refractivity contribution is 5.78. The summed E-state index contributed by atoms with van der Waals surface area (Å²) >= 11 is 0. The molecule has 0 saturated carbocycles. The van der Waals surface area contributed by atoms with Gasteiger partial charge in [-0.25, -0.2) is 0 Å². The summed E-state index contributed by atoms with van der Waals surface area (Å²) in [7, 11) is 0. The number of hydrogen-bond donors (Lipinski definition) is 2. The lowest BCUT2D eigenvalue weighted by Crippen LogP contribution is -2.53. The van der Waals surface area contributed by atoms with Gasteiger partial charge >= 0.3 is 5.97 Å². The van der Waals surface area contributed by atoms with Gasteiger partial charge in [-0.1, -0.05) is 19.0 Å². The molecule has 0 saturated heterocycles. The minimum absolute atomic E-state index is 0.00512. The van der Waals surface area contributed by atoms with Gasteiger partial charge in [-0.05, 0) is 31.3 Å². The Hall–Kier alpha value is -1.26. The first-order chi connectivity index (χ1) is 6.95. The van der Waals surface area contributed by atoms with E-state index in [4.69, 9.17) is 10.6 Å². The van der Waals surface area contributed by atoms with Crippen molar-refractivity contribution < 1.29 is 9.90 Å². The standard InChI is InChI=1S/C9H18N4O2/c1-7(2)9(3,8(14)15)11-5-4-6-12-13-10/h7,11H,4-6H2,1-3H3,(H,14,15). The average Bonchev–Trinajstić information content (AvgIpc) is 2.16. The van der Waals surface area contributed by atoms with Crippen LogP contribution in [0.5, 0.6) is 0 Å². The van der Waals surface area contributed by atoms with Crippen molar-refractivity contribution in [2.24, 2.45) is 11.0 Å². The Morgan fingerprint density at radius 1 is 1.67 bits per heavy atom. The summed E-state index contributed by atoms with van der Waals surface area (Å²) in [5, 5.41) is 15.4. The van der Waals surface area contributed by atoms with Crippen molar-refractivity contribution in [2.75, 3.05) is 13.1 Å². The highest BCUT2D eigenvalue weighted by atomic mass is 16.4. The summed E-state index contributed by atoms with van der Waals surface area (Å²) in [6, 6.07) is 0. The number of carboxylic acid groups (broad SMARTS) is 1. The molecule has 0 bridgehead atoms. The lowest BCUT2D eigenvalue weighted by Gasteiger charge is -2.30. The fraction of sp³-hybridized carbons (Fsp3) is 0.889. The Balaban J connectivity index is 4.09. The van der Waals surface area contributed by atoms with Crippen LogP contribution in [0, 0.1) is 5.92 Å². The number of hydrogen-bond acceptors (Lipinski definition) is 3. The van der Waals surface area contributed by atoms with Gasteiger partial charge in [0.25, 0.3) is 0 Å². The van der Waals surface area contributed by atoms with E-state index in [1.807, 2.05) is 13.8 Å². The minimum Gasteiger partial charge on any atom is -0.480 e. The second-order valence-electron chi connectivity index (χ2n) is 3.90. The molecule has 0 rings (SSSR count). The normalized spacial score (nSPS) is 14.4. The first-order valence-electron chi connectivity index (χ1n) is 4.94. The zero-order chi connectivity index (χ0) is 11.9. The Kier molecular flexibility index (Phi) is 5.74. The van der Waals surface area contributed by atoms with E-state index in [1.165, 1.54) is 0 Å². The van der Waals surface area contributed by atoms with E-state index in [2.05, 4.69) is 15.3 Å². The van der Waals surface area contributed by atoms with Crippen LogP contribution < -0.4 is 5.32 Å². The van der Waals surface area contributed by atoms with Crippen LogP contribution in [0.1, 0.15) is 27.2 Å². The first kappa shape index (κ1) is 13.7. The number of nitrogens with one attached hydrogen (secondary N) is 1. The van der Waals surface area contributed by atoms with Crippen LogP contribution in [0.25, 0.3) is 10.4 Å². The Labute approximate surface area is 89.3 Å². The smallest absolute Gasteiger partial charge is 0.323 e. The van der Waals surface area contributed by atoms with Crippen LogP contribution in [-0.2, 0) is 4.79 Å². The van der Waals surface area contributed by atoms with Gasteiger partial charge in [0.2, 0.25) is 0 Å². The predicted octanol–water partition coefficient (Wildman–Crippen LogP) is 1.78. The van der Waals surface area contributed by atoms with Crippen LogP contribution in [0.15, 0.2) is 5.11 Å². The molecular weight excluding hydrogens is 196 g/mol. The molecule has 2 N–H and O–H groups in total. The highest BCUT2D eigenvalue weighted by Crippen LogP contribution is 2.16. The van der Waals surface area contributed by atoms with Gasteiger partial charge in [-0.3, -0.25) is 4.79 Å². The summed E-state index contributed by atoms with van der Waals surface area (Å²) in [4.78, 5) is 13.7. The molecule has 0 aromatic rings. The fourth-order valence-corrected chi connectivity index (χ4v) is 1.07. The molecule has 0 amide bonds. The number of carboxylic acids is 1. The number of carbonyl (C=O) groups is 1. The number of aliphatic carboxylic acids is 1. The molecule has 15 heavy (non-hydrogen) atoms. The van der Waals surface area contributed by atoms with Crippen LogP contribution in [0.4, 0.5) is 0 Å². The molecule has 0 aromatic carbocycles. The van der Waals surface area contributed by atoms with Crippen LogP contribution in [-0.4, -0.2) is 29.7 Å². The van der Waals surface area contributed by atoms with Gasteiger partial charge in [0.1, 0.15) is 5.54 Å². The molecule has 0 fully saturated rings. The van der Waals surface area contributed by atoms with Crippen LogP contribution in [0.3, 0.4) is 0 Å². The summed E-state index contributed by atoms with van der Waals surface area (Å²) in [6.45, 7) is 6.29. The molecule has 1 atom stereocenters. The van der Waals surface area contributed by atoms with Crippen molar-refractivity contribution >= 4 is 5.97 Å². The Morgan fingerprint density at radius 2 is 2.27 bits per heavy atom. The number of rotatable bonds is 7. The van der Waals surface area contributed by atoms with E-state index in [1.54, 1.807) is 6.92 Å². The largest absolute Gasteiger partial charge is 0.480 e. The maximum absolute atomic E-state index is 11.0.